The van der Waals surface area contributed by atoms with Gasteiger partial charge in [-0.15, -0.1) is 0 Å². The molecule has 1 fully saturated rings. The Labute approximate surface area is 135 Å². The summed E-state index contributed by atoms with van der Waals surface area (Å²) in [5.41, 5.74) is 9.13. The number of likely N-dealkylation sites (N-methyl/N-ethyl adjacent to an activating group) is 1. The molecule has 4 aliphatic rings. The lowest BCUT2D eigenvalue weighted by atomic mass is 9.53. The summed E-state index contributed by atoms with van der Waals surface area (Å²) in [6, 6.07) is 2.21. The third-order valence-electron chi connectivity index (χ3n) is 6.37. The number of hydrogen-bond acceptors (Lipinski definition) is 5. The Morgan fingerprint density at radius 2 is 2.30 bits per heavy atom. The van der Waals surface area contributed by atoms with Crippen molar-refractivity contribution in [1.82, 2.24) is 4.90 Å². The molecule has 1 aromatic carbocycles. The number of benzene rings is 1. The second-order valence-corrected chi connectivity index (χ2v) is 7.18. The summed E-state index contributed by atoms with van der Waals surface area (Å²) in [6.07, 6.45) is 5.20. The number of likely N-dealkylation sites (tertiary alicyclic amines) is 1. The first-order valence-electron chi connectivity index (χ1n) is 8.16. The molecule has 0 aromatic heterocycles. The van der Waals surface area contributed by atoms with E-state index in [4.69, 9.17) is 15.2 Å². The molecule has 1 spiro atoms. The highest BCUT2D eigenvalue weighted by atomic mass is 16.5. The lowest BCUT2D eigenvalue weighted by Gasteiger charge is -2.55. The number of ether oxygens (including phenoxy) is 2. The first-order valence-corrected chi connectivity index (χ1v) is 8.16. The predicted molar refractivity (Wildman–Crippen MR) is 85.9 cm³/mol. The third kappa shape index (κ3) is 1.36. The molecule has 2 aliphatic heterocycles. The average molecular weight is 312 g/mol. The van der Waals surface area contributed by atoms with Crippen LogP contribution in [0.25, 0.3) is 0 Å². The van der Waals surface area contributed by atoms with Gasteiger partial charge in [-0.2, -0.15) is 0 Å². The quantitative estimate of drug-likeness (QED) is 0.792. The molecule has 5 heteroatoms. The van der Waals surface area contributed by atoms with Crippen molar-refractivity contribution in [2.45, 2.75) is 30.4 Å². The van der Waals surface area contributed by atoms with Crippen molar-refractivity contribution >= 4 is 11.5 Å². The highest BCUT2D eigenvalue weighted by Gasteiger charge is 2.64. The molecular weight excluding hydrogens is 292 g/mol. The largest absolute Gasteiger partial charge is 0.493 e. The fourth-order valence-corrected chi connectivity index (χ4v) is 5.33. The van der Waals surface area contributed by atoms with E-state index in [1.807, 2.05) is 6.07 Å². The molecule has 1 aromatic rings. The Balaban J connectivity index is 1.87. The molecule has 23 heavy (non-hydrogen) atoms. The number of nitrogen functional groups attached to an aromatic ring is 1. The minimum Gasteiger partial charge on any atom is -0.493 e. The van der Waals surface area contributed by atoms with Crippen LogP contribution in [-0.4, -0.2) is 43.5 Å². The van der Waals surface area contributed by atoms with Gasteiger partial charge in [-0.25, -0.2) is 0 Å². The van der Waals surface area contributed by atoms with Crippen molar-refractivity contribution in [3.05, 3.63) is 29.3 Å². The molecule has 0 unspecified atom stereocenters. The van der Waals surface area contributed by atoms with Crippen LogP contribution in [0.4, 0.5) is 5.69 Å². The summed E-state index contributed by atoms with van der Waals surface area (Å²) in [4.78, 5) is 15.0. The van der Waals surface area contributed by atoms with Gasteiger partial charge in [0, 0.05) is 29.3 Å². The zero-order chi connectivity index (χ0) is 15.9. The van der Waals surface area contributed by atoms with E-state index in [9.17, 15) is 4.79 Å². The fourth-order valence-electron chi connectivity index (χ4n) is 5.33. The van der Waals surface area contributed by atoms with Gasteiger partial charge in [0.1, 0.15) is 0 Å². The van der Waals surface area contributed by atoms with E-state index in [-0.39, 0.29) is 11.2 Å². The summed E-state index contributed by atoms with van der Waals surface area (Å²) >= 11 is 0. The zero-order valence-electron chi connectivity index (χ0n) is 13.3. The monoisotopic (exact) mass is 312 g/mol. The first-order chi connectivity index (χ1) is 11.1. The van der Waals surface area contributed by atoms with E-state index >= 15 is 0 Å². The van der Waals surface area contributed by atoms with Crippen LogP contribution >= 0.6 is 0 Å². The van der Waals surface area contributed by atoms with Gasteiger partial charge < -0.3 is 20.1 Å². The molecule has 0 saturated carbocycles. The summed E-state index contributed by atoms with van der Waals surface area (Å²) in [5.74, 6) is 1.75. The number of hydrogen-bond donors (Lipinski definition) is 1. The van der Waals surface area contributed by atoms with E-state index in [2.05, 4.69) is 18.0 Å². The molecule has 5 rings (SSSR count). The molecule has 2 N–H and O–H groups in total. The molecular formula is C18H20N2O3. The van der Waals surface area contributed by atoms with Crippen LogP contribution in [0, 0.1) is 5.92 Å². The first kappa shape index (κ1) is 13.4. The second-order valence-electron chi connectivity index (χ2n) is 7.18. The summed E-state index contributed by atoms with van der Waals surface area (Å²) in [7, 11) is 3.79. The minimum absolute atomic E-state index is 0.0641. The molecule has 4 atom stereocenters. The van der Waals surface area contributed by atoms with Crippen LogP contribution in [0.2, 0.25) is 0 Å². The van der Waals surface area contributed by atoms with Gasteiger partial charge in [-0.3, -0.25) is 4.79 Å². The zero-order valence-corrected chi connectivity index (χ0v) is 13.3. The van der Waals surface area contributed by atoms with Crippen molar-refractivity contribution in [3.63, 3.8) is 0 Å². The molecule has 120 valence electrons. The van der Waals surface area contributed by atoms with Crippen molar-refractivity contribution in [1.29, 1.82) is 0 Å². The van der Waals surface area contributed by atoms with Gasteiger partial charge in [-0.05, 0) is 38.1 Å². The van der Waals surface area contributed by atoms with E-state index < -0.39 is 6.10 Å². The molecule has 2 heterocycles. The van der Waals surface area contributed by atoms with Crippen molar-refractivity contribution < 1.29 is 14.3 Å². The number of carbonyl (C=O) groups excluding carboxylic acids is 1. The number of methoxy groups -OCH3 is 1. The van der Waals surface area contributed by atoms with Crippen LogP contribution < -0.4 is 15.2 Å². The molecule has 0 amide bonds. The molecule has 2 aliphatic carbocycles. The highest BCUT2D eigenvalue weighted by molar-refractivity contribution is 5.98. The second kappa shape index (κ2) is 4.09. The minimum atomic E-state index is -0.432. The number of anilines is 1. The molecule has 5 nitrogen and oxygen atoms in total. The van der Waals surface area contributed by atoms with Gasteiger partial charge in [0.05, 0.1) is 12.5 Å². The lowest BCUT2D eigenvalue weighted by molar-refractivity contribution is -0.127. The maximum atomic E-state index is 12.6. The van der Waals surface area contributed by atoms with Gasteiger partial charge in [0.15, 0.2) is 23.4 Å². The Morgan fingerprint density at radius 3 is 3.09 bits per heavy atom. The molecule has 1 saturated heterocycles. The van der Waals surface area contributed by atoms with E-state index in [1.165, 1.54) is 0 Å². The topological polar surface area (TPSA) is 64.8 Å². The van der Waals surface area contributed by atoms with Crippen molar-refractivity contribution in [2.75, 3.05) is 26.4 Å². The molecule has 2 bridgehead atoms. The predicted octanol–water partition coefficient (Wildman–Crippen LogP) is 1.29. The van der Waals surface area contributed by atoms with Crippen LogP contribution in [0.3, 0.4) is 0 Å². The van der Waals surface area contributed by atoms with Crippen molar-refractivity contribution in [2.24, 2.45) is 5.92 Å². The Morgan fingerprint density at radius 1 is 1.48 bits per heavy atom. The highest BCUT2D eigenvalue weighted by Crippen LogP contribution is 2.62. The van der Waals surface area contributed by atoms with E-state index in [0.29, 0.717) is 17.7 Å². The van der Waals surface area contributed by atoms with Gasteiger partial charge >= 0.3 is 0 Å². The normalized spacial score (nSPS) is 36.6. The van der Waals surface area contributed by atoms with Crippen LogP contribution in [0.1, 0.15) is 17.5 Å². The maximum Gasteiger partial charge on any atom is 0.196 e. The number of nitrogens with two attached hydrogens (primary N) is 1. The summed E-state index contributed by atoms with van der Waals surface area (Å²) in [5, 5.41) is 0. The average Bonchev–Trinajstić information content (AvgIpc) is 2.89. The number of nitrogens with zero attached hydrogens (tertiary/aromatic N) is 1. The van der Waals surface area contributed by atoms with Gasteiger partial charge in [0.25, 0.3) is 0 Å². The lowest BCUT2D eigenvalue weighted by Crippen LogP contribution is -2.64. The number of piperidine rings is 1. The summed E-state index contributed by atoms with van der Waals surface area (Å²) < 4.78 is 11.7. The van der Waals surface area contributed by atoms with Crippen LogP contribution in [-0.2, 0) is 16.6 Å². The summed E-state index contributed by atoms with van der Waals surface area (Å²) in [6.45, 7) is 0.970. The van der Waals surface area contributed by atoms with E-state index in [0.717, 1.165) is 42.0 Å². The van der Waals surface area contributed by atoms with Gasteiger partial charge in [-0.1, -0.05) is 6.08 Å². The Kier molecular flexibility index (Phi) is 2.39. The number of ketones is 1. The van der Waals surface area contributed by atoms with Crippen LogP contribution in [0.15, 0.2) is 18.2 Å². The number of carbonyl (C=O) groups is 1. The SMILES string of the molecule is COc1cc(N)c2c3c1O[C@H]1C(=O)C=C[C@H]4[C@@H](C2)N(C)CC[C@]314. The fraction of sp³-hybridized carbons (Fsp3) is 0.500. The standard InChI is InChI=1S/C18H20N2O3/c1-20-6-5-18-10-3-4-13(21)17(18)23-16-14(22-2)8-11(19)9(15(16)18)7-12(10)20/h3-4,8,10,12,17H,5-7,19H2,1-2H3/t10-,12+,17-,18-/m0/s1. The number of rotatable bonds is 1. The Bertz CT molecular complexity index is 772. The third-order valence-corrected chi connectivity index (χ3v) is 6.37. The maximum absolute atomic E-state index is 12.6. The smallest absolute Gasteiger partial charge is 0.196 e. The van der Waals surface area contributed by atoms with Gasteiger partial charge in [0.2, 0.25) is 0 Å². The van der Waals surface area contributed by atoms with E-state index in [1.54, 1.807) is 13.2 Å². The molecule has 0 radical (unpaired) electrons. The van der Waals surface area contributed by atoms with Crippen molar-refractivity contribution in [3.8, 4) is 11.5 Å². The van der Waals surface area contributed by atoms with Crippen LogP contribution in [0.5, 0.6) is 11.5 Å². The Hall–Kier alpha value is -2.01.